The van der Waals surface area contributed by atoms with E-state index < -0.39 is 0 Å². The molecule has 3 heterocycles. The van der Waals surface area contributed by atoms with Crippen LogP contribution in [0.4, 0.5) is 0 Å². The number of piperidine rings is 1. The lowest BCUT2D eigenvalue weighted by Crippen LogP contribution is -2.48. The molecule has 2 fully saturated rings. The standard InChI is InChI=1S/C15H26N4/c1-3-18(11-14-7-8-16-19(14)4-2)15-9-12-5-6-13(10-15)17-12/h7-8,12-13,15,17H,3-6,9-11H2,1-2H3. The molecule has 0 aromatic carbocycles. The number of aryl methyl sites for hydroxylation is 1. The molecule has 19 heavy (non-hydrogen) atoms. The number of nitrogens with one attached hydrogen (secondary N) is 1. The SMILES string of the molecule is CCN(Cc1ccnn1CC)C1CC2CCC(C1)N2. The van der Waals surface area contributed by atoms with Gasteiger partial charge in [0.25, 0.3) is 0 Å². The summed E-state index contributed by atoms with van der Waals surface area (Å²) in [4.78, 5) is 2.65. The highest BCUT2D eigenvalue weighted by Gasteiger charge is 2.35. The molecule has 2 saturated heterocycles. The van der Waals surface area contributed by atoms with E-state index in [2.05, 4.69) is 39.9 Å². The zero-order valence-corrected chi connectivity index (χ0v) is 12.2. The average Bonchev–Trinajstić information content (AvgIpc) is 3.02. The van der Waals surface area contributed by atoms with Crippen molar-refractivity contribution in [1.82, 2.24) is 20.0 Å². The summed E-state index contributed by atoms with van der Waals surface area (Å²) in [6.07, 6.45) is 7.34. The van der Waals surface area contributed by atoms with E-state index in [0.717, 1.165) is 37.8 Å². The van der Waals surface area contributed by atoms with Gasteiger partial charge in [-0.25, -0.2) is 0 Å². The molecule has 2 unspecified atom stereocenters. The molecular weight excluding hydrogens is 236 g/mol. The molecule has 2 bridgehead atoms. The third kappa shape index (κ3) is 2.70. The summed E-state index contributed by atoms with van der Waals surface area (Å²) >= 11 is 0. The first-order chi connectivity index (χ1) is 9.30. The summed E-state index contributed by atoms with van der Waals surface area (Å²) in [6, 6.07) is 4.47. The first-order valence-corrected chi connectivity index (χ1v) is 7.81. The van der Waals surface area contributed by atoms with E-state index in [-0.39, 0.29) is 0 Å². The largest absolute Gasteiger partial charge is 0.311 e. The van der Waals surface area contributed by atoms with E-state index in [1.54, 1.807) is 0 Å². The van der Waals surface area contributed by atoms with E-state index in [1.165, 1.54) is 31.4 Å². The van der Waals surface area contributed by atoms with Crippen LogP contribution in [0.2, 0.25) is 0 Å². The van der Waals surface area contributed by atoms with Crippen LogP contribution in [0.1, 0.15) is 45.2 Å². The Morgan fingerprint density at radius 2 is 2.05 bits per heavy atom. The molecule has 0 aliphatic carbocycles. The van der Waals surface area contributed by atoms with Crippen LogP contribution in [0.5, 0.6) is 0 Å². The van der Waals surface area contributed by atoms with Crippen molar-refractivity contribution in [2.24, 2.45) is 0 Å². The normalized spacial score (nSPS) is 30.2. The van der Waals surface area contributed by atoms with Crippen molar-refractivity contribution < 1.29 is 0 Å². The van der Waals surface area contributed by atoms with Gasteiger partial charge >= 0.3 is 0 Å². The van der Waals surface area contributed by atoms with Gasteiger partial charge in [-0.1, -0.05) is 6.92 Å². The maximum absolute atomic E-state index is 4.39. The van der Waals surface area contributed by atoms with Crippen molar-refractivity contribution in [2.45, 2.75) is 70.7 Å². The summed E-state index contributed by atoms with van der Waals surface area (Å²) in [5, 5.41) is 8.12. The fraction of sp³-hybridized carbons (Fsp3) is 0.800. The van der Waals surface area contributed by atoms with Gasteiger partial charge in [-0.15, -0.1) is 0 Å². The Labute approximate surface area is 116 Å². The monoisotopic (exact) mass is 262 g/mol. The van der Waals surface area contributed by atoms with Crippen LogP contribution in [0.15, 0.2) is 12.3 Å². The summed E-state index contributed by atoms with van der Waals surface area (Å²) < 4.78 is 2.12. The van der Waals surface area contributed by atoms with E-state index in [9.17, 15) is 0 Å². The molecule has 0 radical (unpaired) electrons. The minimum Gasteiger partial charge on any atom is -0.311 e. The van der Waals surface area contributed by atoms with Gasteiger partial charge in [0.2, 0.25) is 0 Å². The molecule has 1 aromatic rings. The molecule has 1 aromatic heterocycles. The molecule has 106 valence electrons. The van der Waals surface area contributed by atoms with Gasteiger partial charge in [0, 0.05) is 37.4 Å². The van der Waals surface area contributed by atoms with Gasteiger partial charge in [-0.05, 0) is 45.2 Å². The highest BCUT2D eigenvalue weighted by Crippen LogP contribution is 2.30. The van der Waals surface area contributed by atoms with Gasteiger partial charge in [-0.2, -0.15) is 5.10 Å². The molecule has 0 saturated carbocycles. The van der Waals surface area contributed by atoms with Gasteiger partial charge < -0.3 is 5.32 Å². The Morgan fingerprint density at radius 1 is 1.32 bits per heavy atom. The van der Waals surface area contributed by atoms with Crippen molar-refractivity contribution >= 4 is 0 Å². The van der Waals surface area contributed by atoms with Crippen molar-refractivity contribution in [3.63, 3.8) is 0 Å². The first-order valence-electron chi connectivity index (χ1n) is 7.81. The minimum absolute atomic E-state index is 0.754. The van der Waals surface area contributed by atoms with Gasteiger partial charge in [0.15, 0.2) is 0 Å². The summed E-state index contributed by atoms with van der Waals surface area (Å²) in [7, 11) is 0. The summed E-state index contributed by atoms with van der Waals surface area (Å²) in [6.45, 7) is 7.61. The molecule has 0 amide bonds. The number of hydrogen-bond donors (Lipinski definition) is 1. The molecular formula is C15H26N4. The van der Waals surface area contributed by atoms with Crippen molar-refractivity contribution in [2.75, 3.05) is 6.54 Å². The van der Waals surface area contributed by atoms with Crippen LogP contribution in [0, 0.1) is 0 Å². The lowest BCUT2D eigenvalue weighted by atomic mass is 9.98. The zero-order valence-electron chi connectivity index (χ0n) is 12.2. The number of fused-ring (bicyclic) bond motifs is 2. The Morgan fingerprint density at radius 3 is 2.68 bits per heavy atom. The Bertz CT molecular complexity index is 402. The Balaban J connectivity index is 1.67. The number of aromatic nitrogens is 2. The second kappa shape index (κ2) is 5.63. The van der Waals surface area contributed by atoms with E-state index in [1.807, 2.05) is 6.20 Å². The number of rotatable bonds is 5. The van der Waals surface area contributed by atoms with Gasteiger partial charge in [0.05, 0.1) is 5.69 Å². The maximum atomic E-state index is 4.39. The topological polar surface area (TPSA) is 33.1 Å². The van der Waals surface area contributed by atoms with E-state index >= 15 is 0 Å². The van der Waals surface area contributed by atoms with Gasteiger partial charge in [0.1, 0.15) is 0 Å². The number of nitrogens with zero attached hydrogens (tertiary/aromatic N) is 3. The van der Waals surface area contributed by atoms with Crippen LogP contribution < -0.4 is 5.32 Å². The highest BCUT2D eigenvalue weighted by molar-refractivity contribution is 5.02. The first kappa shape index (κ1) is 13.1. The van der Waals surface area contributed by atoms with E-state index in [0.29, 0.717) is 0 Å². The Kier molecular flexibility index (Phi) is 3.89. The molecule has 4 heteroatoms. The maximum Gasteiger partial charge on any atom is 0.0524 e. The van der Waals surface area contributed by atoms with Crippen LogP contribution in [-0.2, 0) is 13.1 Å². The lowest BCUT2D eigenvalue weighted by Gasteiger charge is -2.37. The van der Waals surface area contributed by atoms with Crippen molar-refractivity contribution in [1.29, 1.82) is 0 Å². The number of hydrogen-bond acceptors (Lipinski definition) is 3. The smallest absolute Gasteiger partial charge is 0.0524 e. The second-order valence-electron chi connectivity index (χ2n) is 5.96. The molecule has 2 aliphatic rings. The third-order valence-corrected chi connectivity index (χ3v) is 4.84. The third-order valence-electron chi connectivity index (χ3n) is 4.84. The summed E-state index contributed by atoms with van der Waals surface area (Å²) in [5.41, 5.74) is 1.36. The van der Waals surface area contributed by atoms with Crippen molar-refractivity contribution in [3.8, 4) is 0 Å². The molecule has 1 N–H and O–H groups in total. The molecule has 3 rings (SSSR count). The minimum atomic E-state index is 0.754. The summed E-state index contributed by atoms with van der Waals surface area (Å²) in [5.74, 6) is 0. The highest BCUT2D eigenvalue weighted by atomic mass is 15.3. The molecule has 2 aliphatic heterocycles. The average molecular weight is 262 g/mol. The molecule has 4 nitrogen and oxygen atoms in total. The molecule has 0 spiro atoms. The predicted molar refractivity (Wildman–Crippen MR) is 77.0 cm³/mol. The van der Waals surface area contributed by atoms with Crippen LogP contribution in [0.25, 0.3) is 0 Å². The predicted octanol–water partition coefficient (Wildman–Crippen LogP) is 2.01. The fourth-order valence-electron chi connectivity index (χ4n) is 3.81. The van der Waals surface area contributed by atoms with Crippen LogP contribution in [-0.4, -0.2) is 39.4 Å². The second-order valence-corrected chi connectivity index (χ2v) is 5.96. The zero-order chi connectivity index (χ0) is 13.2. The fourth-order valence-corrected chi connectivity index (χ4v) is 3.81. The molecule has 2 atom stereocenters. The quantitative estimate of drug-likeness (QED) is 0.881. The van der Waals surface area contributed by atoms with Crippen molar-refractivity contribution in [3.05, 3.63) is 18.0 Å². The van der Waals surface area contributed by atoms with E-state index in [4.69, 9.17) is 0 Å². The van der Waals surface area contributed by atoms with Crippen LogP contribution in [0.3, 0.4) is 0 Å². The van der Waals surface area contributed by atoms with Crippen LogP contribution >= 0.6 is 0 Å². The Hall–Kier alpha value is -0.870. The van der Waals surface area contributed by atoms with Gasteiger partial charge in [-0.3, -0.25) is 9.58 Å². The lowest BCUT2D eigenvalue weighted by molar-refractivity contribution is 0.137.